The van der Waals surface area contributed by atoms with Crippen molar-refractivity contribution >= 4 is 27.3 Å². The standard InChI is InChI=1S/2C24H28N.C14H26O2.Ir/c2*1-16(2)11-18-7-8-22-19(14-18)9-10-25-23(22)20-12-17(3)13-21(15-20)24(4,5)6;1-6-11(7-2)12(15)10-13(16)14(5,8-3)9-4;/h2*7-10,13-16H,11H2,1-6H3;10-11,16H,6-9H2,1-5H3;/q2*-1;;/b;;13-10-;/i2*9D,10D;;. The number of ketones is 1. The summed E-state index contributed by atoms with van der Waals surface area (Å²) in [6.45, 7) is 36.1. The molecule has 2 heterocycles. The number of aliphatic hydroxyl groups excluding tert-OH is 1. The summed E-state index contributed by atoms with van der Waals surface area (Å²) in [4.78, 5) is 20.8. The van der Waals surface area contributed by atoms with E-state index in [1.54, 1.807) is 0 Å². The molecule has 0 aliphatic heterocycles. The van der Waals surface area contributed by atoms with Gasteiger partial charge in [0.15, 0.2) is 5.78 Å². The first kappa shape index (κ1) is 50.4. The molecule has 4 aromatic carbocycles. The number of benzene rings is 4. The number of aryl methyl sites for hydroxylation is 2. The maximum atomic E-state index is 11.9. The van der Waals surface area contributed by atoms with E-state index in [0.717, 1.165) is 93.7 Å². The van der Waals surface area contributed by atoms with Crippen molar-refractivity contribution in [2.45, 2.75) is 167 Å². The molecule has 363 valence electrons. The molecule has 0 amide bonds. The van der Waals surface area contributed by atoms with Crippen molar-refractivity contribution < 1.29 is 35.5 Å². The van der Waals surface area contributed by atoms with Gasteiger partial charge in [0.1, 0.15) is 5.76 Å². The van der Waals surface area contributed by atoms with Crippen molar-refractivity contribution in [2.75, 3.05) is 0 Å². The minimum absolute atomic E-state index is 0. The Morgan fingerprint density at radius 3 is 1.37 bits per heavy atom. The maximum absolute atomic E-state index is 11.9. The van der Waals surface area contributed by atoms with E-state index in [9.17, 15) is 9.90 Å². The van der Waals surface area contributed by atoms with Crippen LogP contribution < -0.4 is 0 Å². The molecule has 1 N–H and O–H groups in total. The van der Waals surface area contributed by atoms with Gasteiger partial charge < -0.3 is 15.1 Å². The number of pyridine rings is 2. The maximum Gasteiger partial charge on any atom is 0.162 e. The molecule has 6 rings (SSSR count). The number of carbonyl (C=O) groups excluding carboxylic acids is 1. The summed E-state index contributed by atoms with van der Waals surface area (Å²) in [5.41, 5.74) is 10.1. The Hall–Kier alpha value is -4.44. The predicted octanol–water partition coefficient (Wildman–Crippen LogP) is 17.3. The number of fused-ring (bicyclic) bond motifs is 2. The summed E-state index contributed by atoms with van der Waals surface area (Å²) in [6, 6.07) is 28.3. The number of allylic oxidation sites excluding steroid dienone is 2. The SMILES string of the molecule is CCC(CC)C(=O)/C=C(\O)C(C)(CC)CC.[2H]c1nc(-c2[c-]c(C)cc(C(C)(C)C)c2)c2ccc(CC(C)C)cc2c1[2H].[2H]c1nc(-c2[c-]c(C)cc(C(C)(C)C)c2)c2ccc(CC(C)C)cc2c1[2H].[Ir]. The second kappa shape index (κ2) is 24.7. The molecular weight excluding hydrogens is 997 g/mol. The van der Waals surface area contributed by atoms with Crippen LogP contribution >= 0.6 is 0 Å². The summed E-state index contributed by atoms with van der Waals surface area (Å²) in [7, 11) is 0. The molecule has 0 spiro atoms. The molecule has 2 aromatic heterocycles. The monoisotopic (exact) mass is 1080 g/mol. The zero-order valence-corrected chi connectivity index (χ0v) is 46.3. The van der Waals surface area contributed by atoms with Crippen LogP contribution in [0.5, 0.6) is 0 Å². The Kier molecular flexibility index (Phi) is 18.6. The molecule has 0 bridgehead atoms. The van der Waals surface area contributed by atoms with Crippen molar-refractivity contribution in [3.63, 3.8) is 0 Å². The fourth-order valence-corrected chi connectivity index (χ4v) is 8.10. The van der Waals surface area contributed by atoms with Crippen LogP contribution in [0, 0.1) is 49.1 Å². The van der Waals surface area contributed by atoms with Gasteiger partial charge in [0.25, 0.3) is 0 Å². The fourth-order valence-electron chi connectivity index (χ4n) is 8.10. The topological polar surface area (TPSA) is 63.1 Å². The Bertz CT molecular complexity index is 2640. The Morgan fingerprint density at radius 1 is 0.657 bits per heavy atom. The van der Waals surface area contributed by atoms with Crippen molar-refractivity contribution in [1.82, 2.24) is 9.97 Å². The molecule has 0 unspecified atom stereocenters. The molecule has 1 radical (unpaired) electrons. The van der Waals surface area contributed by atoms with E-state index in [4.69, 9.17) is 5.48 Å². The van der Waals surface area contributed by atoms with Crippen LogP contribution in [0.1, 0.15) is 168 Å². The van der Waals surface area contributed by atoms with Gasteiger partial charge in [0.05, 0.1) is 5.48 Å². The van der Waals surface area contributed by atoms with Crippen LogP contribution in [0.4, 0.5) is 0 Å². The van der Waals surface area contributed by atoms with E-state index < -0.39 is 0 Å². The predicted molar refractivity (Wildman–Crippen MR) is 284 cm³/mol. The Balaban J connectivity index is 0.000000290. The molecule has 0 atom stereocenters. The number of aromatic nitrogens is 2. The van der Waals surface area contributed by atoms with Crippen LogP contribution in [0.2, 0.25) is 0 Å². The van der Waals surface area contributed by atoms with Gasteiger partial charge in [0, 0.05) is 49.9 Å². The van der Waals surface area contributed by atoms with Gasteiger partial charge in [-0.15, -0.1) is 69.8 Å². The molecule has 0 saturated carbocycles. The Labute approximate surface area is 425 Å². The van der Waals surface area contributed by atoms with Crippen LogP contribution in [0.3, 0.4) is 0 Å². The average molecular weight is 1080 g/mol. The first-order valence-corrected chi connectivity index (χ1v) is 24.4. The largest absolute Gasteiger partial charge is 0.512 e. The van der Waals surface area contributed by atoms with Gasteiger partial charge in [0.2, 0.25) is 0 Å². The number of hydrogen-bond acceptors (Lipinski definition) is 4. The molecule has 0 aliphatic carbocycles. The van der Waals surface area contributed by atoms with E-state index in [2.05, 4.69) is 152 Å². The van der Waals surface area contributed by atoms with E-state index in [-0.39, 0.29) is 78.2 Å². The zero-order valence-electron chi connectivity index (χ0n) is 47.9. The van der Waals surface area contributed by atoms with Crippen molar-refractivity contribution in [1.29, 1.82) is 0 Å². The molecule has 5 heteroatoms. The van der Waals surface area contributed by atoms with Crippen LogP contribution in [-0.4, -0.2) is 20.9 Å². The molecule has 0 aliphatic rings. The van der Waals surface area contributed by atoms with Gasteiger partial charge in [-0.25, -0.2) is 0 Å². The molecule has 67 heavy (non-hydrogen) atoms. The third-order valence-electron chi connectivity index (χ3n) is 12.8. The molecular formula is C62H82IrN2O2-2. The molecule has 6 aromatic rings. The third kappa shape index (κ3) is 15.8. The van der Waals surface area contributed by atoms with Gasteiger partial charge in [-0.2, -0.15) is 0 Å². The molecule has 4 nitrogen and oxygen atoms in total. The van der Waals surface area contributed by atoms with Crippen LogP contribution in [0.15, 0.2) is 96.9 Å². The quantitative estimate of drug-likeness (QED) is 0.0711. The number of hydrogen-bond donors (Lipinski definition) is 1. The first-order valence-electron chi connectivity index (χ1n) is 26.4. The van der Waals surface area contributed by atoms with Gasteiger partial charge >= 0.3 is 0 Å². The second-order valence-corrected chi connectivity index (χ2v) is 21.5. The van der Waals surface area contributed by atoms with E-state index >= 15 is 0 Å². The van der Waals surface area contributed by atoms with Crippen molar-refractivity contribution in [3.8, 4) is 22.5 Å². The van der Waals surface area contributed by atoms with Crippen molar-refractivity contribution in [3.05, 3.63) is 142 Å². The van der Waals surface area contributed by atoms with Gasteiger partial charge in [-0.05, 0) is 117 Å². The average Bonchev–Trinajstić information content (AvgIpc) is 3.28. The normalized spacial score (nSPS) is 13.0. The second-order valence-electron chi connectivity index (χ2n) is 21.5. The fraction of sp³-hybridized carbons (Fsp3) is 0.468. The van der Waals surface area contributed by atoms with Gasteiger partial charge in [-0.3, -0.25) is 4.79 Å². The van der Waals surface area contributed by atoms with Gasteiger partial charge in [-0.1, -0.05) is 154 Å². The number of rotatable bonds is 13. The van der Waals surface area contributed by atoms with Crippen LogP contribution in [0.25, 0.3) is 44.1 Å². The smallest absolute Gasteiger partial charge is 0.162 e. The zero-order chi connectivity index (χ0) is 52.6. The van der Waals surface area contributed by atoms with E-state index in [0.29, 0.717) is 11.8 Å². The molecule has 0 fully saturated rings. The summed E-state index contributed by atoms with van der Waals surface area (Å²) in [5, 5.41) is 13.5. The van der Waals surface area contributed by atoms with Crippen LogP contribution in [-0.2, 0) is 48.6 Å². The summed E-state index contributed by atoms with van der Waals surface area (Å²) in [6.07, 6.45) is 6.80. The minimum atomic E-state index is -0.248. The third-order valence-corrected chi connectivity index (χ3v) is 12.8. The number of aliphatic hydroxyl groups is 1. The Morgan fingerprint density at radius 2 is 1.04 bits per heavy atom. The number of carbonyl (C=O) groups is 1. The van der Waals surface area contributed by atoms with E-state index in [1.807, 2.05) is 48.5 Å². The summed E-state index contributed by atoms with van der Waals surface area (Å²) < 4.78 is 33.1. The summed E-state index contributed by atoms with van der Waals surface area (Å²) in [5.74, 6) is 1.46. The summed E-state index contributed by atoms with van der Waals surface area (Å²) >= 11 is 0. The molecule has 0 saturated heterocycles. The first-order chi connectivity index (χ1) is 32.6. The van der Waals surface area contributed by atoms with Crippen molar-refractivity contribution in [2.24, 2.45) is 23.2 Å². The number of nitrogens with zero attached hydrogens (tertiary/aromatic N) is 2. The minimum Gasteiger partial charge on any atom is -0.512 e. The van der Waals surface area contributed by atoms with E-state index in [1.165, 1.54) is 28.3 Å².